The van der Waals surface area contributed by atoms with Crippen LogP contribution in [0.1, 0.15) is 23.8 Å². The summed E-state index contributed by atoms with van der Waals surface area (Å²) in [4.78, 5) is 28.2. The van der Waals surface area contributed by atoms with E-state index >= 15 is 0 Å². The topological polar surface area (TPSA) is 76.9 Å². The van der Waals surface area contributed by atoms with Crippen molar-refractivity contribution < 1.29 is 4.79 Å². The number of nitrogens with zero attached hydrogens (tertiary/aromatic N) is 3. The number of halogens is 1. The average Bonchev–Trinajstić information content (AvgIpc) is 2.90. The van der Waals surface area contributed by atoms with E-state index in [0.717, 1.165) is 16.6 Å². The zero-order chi connectivity index (χ0) is 16.4. The number of fused-ring (bicyclic) bond motifs is 1. The zero-order valence-electron chi connectivity index (χ0n) is 12.2. The Morgan fingerprint density at radius 3 is 2.96 bits per heavy atom. The van der Waals surface area contributed by atoms with Gasteiger partial charge in [0.2, 0.25) is 0 Å². The Kier molecular flexibility index (Phi) is 4.40. The van der Waals surface area contributed by atoms with Crippen LogP contribution in [0.5, 0.6) is 0 Å². The van der Waals surface area contributed by atoms with Gasteiger partial charge in [0.15, 0.2) is 5.13 Å². The summed E-state index contributed by atoms with van der Waals surface area (Å²) >= 11 is 7.27. The first-order valence-electron chi connectivity index (χ1n) is 7.02. The summed E-state index contributed by atoms with van der Waals surface area (Å²) in [6.07, 6.45) is 0.761. The molecule has 0 aliphatic rings. The number of benzene rings is 1. The molecule has 0 saturated carbocycles. The third kappa shape index (κ3) is 3.40. The lowest BCUT2D eigenvalue weighted by atomic mass is 10.3. The van der Waals surface area contributed by atoms with Gasteiger partial charge in [0.1, 0.15) is 5.69 Å². The highest BCUT2D eigenvalue weighted by molar-refractivity contribution is 7.22. The second kappa shape index (κ2) is 6.47. The fourth-order valence-corrected chi connectivity index (χ4v) is 3.19. The molecule has 0 fully saturated rings. The molecule has 3 aromatic rings. The van der Waals surface area contributed by atoms with Crippen LogP contribution in [0.4, 0.5) is 5.13 Å². The van der Waals surface area contributed by atoms with Gasteiger partial charge in [-0.15, -0.1) is 0 Å². The van der Waals surface area contributed by atoms with Crippen LogP contribution in [0.15, 0.2) is 35.1 Å². The highest BCUT2D eigenvalue weighted by Gasteiger charge is 2.12. The zero-order valence-corrected chi connectivity index (χ0v) is 13.8. The van der Waals surface area contributed by atoms with Gasteiger partial charge in [-0.25, -0.2) is 9.67 Å². The number of anilines is 1. The van der Waals surface area contributed by atoms with Gasteiger partial charge in [0.25, 0.3) is 11.5 Å². The minimum Gasteiger partial charge on any atom is -0.296 e. The van der Waals surface area contributed by atoms with Crippen molar-refractivity contribution in [2.24, 2.45) is 0 Å². The monoisotopic (exact) mass is 348 g/mol. The molecule has 1 N–H and O–H groups in total. The van der Waals surface area contributed by atoms with Gasteiger partial charge < -0.3 is 0 Å². The van der Waals surface area contributed by atoms with Crippen molar-refractivity contribution in [2.45, 2.75) is 19.9 Å². The van der Waals surface area contributed by atoms with Crippen LogP contribution >= 0.6 is 22.9 Å². The number of amides is 1. The fourth-order valence-electron chi connectivity index (χ4n) is 2.06. The van der Waals surface area contributed by atoms with E-state index in [1.54, 1.807) is 18.2 Å². The maximum absolute atomic E-state index is 12.3. The standard InChI is InChI=1S/C15H13ClN4O2S/c1-2-7-20-13(21)6-5-11(19-20)14(22)18-15-17-10-4-3-9(16)8-12(10)23-15/h3-6,8H,2,7H2,1H3,(H,17,18,22). The summed E-state index contributed by atoms with van der Waals surface area (Å²) in [5.74, 6) is -0.403. The van der Waals surface area contributed by atoms with Crippen molar-refractivity contribution in [1.29, 1.82) is 0 Å². The predicted octanol–water partition coefficient (Wildman–Crippen LogP) is 3.17. The Morgan fingerprint density at radius 2 is 2.17 bits per heavy atom. The molecular formula is C15H13ClN4O2S. The van der Waals surface area contributed by atoms with E-state index in [4.69, 9.17) is 11.6 Å². The molecule has 0 bridgehead atoms. The molecule has 23 heavy (non-hydrogen) atoms. The van der Waals surface area contributed by atoms with E-state index < -0.39 is 5.91 Å². The Bertz CT molecular complexity index is 935. The molecular weight excluding hydrogens is 336 g/mol. The SMILES string of the molecule is CCCn1nc(C(=O)Nc2nc3ccc(Cl)cc3s2)ccc1=O. The number of hydrogen-bond donors (Lipinski definition) is 1. The number of carbonyl (C=O) groups excluding carboxylic acids is 1. The number of hydrogen-bond acceptors (Lipinski definition) is 5. The third-order valence-electron chi connectivity index (χ3n) is 3.11. The molecule has 0 aliphatic heterocycles. The first kappa shape index (κ1) is 15.6. The minimum absolute atomic E-state index is 0.176. The van der Waals surface area contributed by atoms with E-state index in [1.165, 1.54) is 28.2 Å². The number of aromatic nitrogens is 3. The van der Waals surface area contributed by atoms with Crippen molar-refractivity contribution in [3.8, 4) is 0 Å². The van der Waals surface area contributed by atoms with Crippen molar-refractivity contribution in [3.05, 3.63) is 51.4 Å². The lowest BCUT2D eigenvalue weighted by Crippen LogP contribution is -2.26. The van der Waals surface area contributed by atoms with Gasteiger partial charge in [0, 0.05) is 17.6 Å². The highest BCUT2D eigenvalue weighted by Crippen LogP contribution is 2.28. The smallest absolute Gasteiger partial charge is 0.277 e. The molecule has 0 radical (unpaired) electrons. The summed E-state index contributed by atoms with van der Waals surface area (Å²) in [5, 5.41) is 7.86. The molecule has 0 saturated heterocycles. The number of rotatable bonds is 4. The van der Waals surface area contributed by atoms with Gasteiger partial charge in [-0.1, -0.05) is 29.9 Å². The first-order valence-corrected chi connectivity index (χ1v) is 8.22. The largest absolute Gasteiger partial charge is 0.296 e. The van der Waals surface area contributed by atoms with Crippen LogP contribution in [-0.2, 0) is 6.54 Å². The van der Waals surface area contributed by atoms with Gasteiger partial charge >= 0.3 is 0 Å². The van der Waals surface area contributed by atoms with Crippen LogP contribution < -0.4 is 10.9 Å². The van der Waals surface area contributed by atoms with Crippen LogP contribution in [0, 0.1) is 0 Å². The molecule has 1 amide bonds. The van der Waals surface area contributed by atoms with E-state index in [9.17, 15) is 9.59 Å². The molecule has 0 spiro atoms. The second-order valence-corrected chi connectivity index (χ2v) is 6.33. The number of thiazole rings is 1. The Morgan fingerprint density at radius 1 is 1.35 bits per heavy atom. The molecule has 0 unspecified atom stereocenters. The van der Waals surface area contributed by atoms with Gasteiger partial charge in [-0.05, 0) is 30.7 Å². The van der Waals surface area contributed by atoms with E-state index in [1.807, 2.05) is 6.92 Å². The molecule has 8 heteroatoms. The molecule has 118 valence electrons. The van der Waals surface area contributed by atoms with Crippen LogP contribution in [0.2, 0.25) is 5.02 Å². The summed E-state index contributed by atoms with van der Waals surface area (Å²) in [6.45, 7) is 2.41. The maximum Gasteiger partial charge on any atom is 0.277 e. The van der Waals surface area contributed by atoms with E-state index in [-0.39, 0.29) is 11.3 Å². The Balaban J connectivity index is 1.85. The molecule has 0 aliphatic carbocycles. The summed E-state index contributed by atoms with van der Waals surface area (Å²) in [5.41, 5.74) is 0.715. The Labute approximate surface area is 140 Å². The highest BCUT2D eigenvalue weighted by atomic mass is 35.5. The number of nitrogens with one attached hydrogen (secondary N) is 1. The predicted molar refractivity (Wildman–Crippen MR) is 91.4 cm³/mol. The molecule has 2 heterocycles. The number of carbonyl (C=O) groups is 1. The summed E-state index contributed by atoms with van der Waals surface area (Å²) < 4.78 is 2.17. The van der Waals surface area contributed by atoms with Crippen LogP contribution in [0.25, 0.3) is 10.2 Å². The van der Waals surface area contributed by atoms with Gasteiger partial charge in [-0.3, -0.25) is 14.9 Å². The second-order valence-electron chi connectivity index (χ2n) is 4.87. The molecule has 2 aromatic heterocycles. The quantitative estimate of drug-likeness (QED) is 0.785. The molecule has 6 nitrogen and oxygen atoms in total. The van der Waals surface area contributed by atoms with Gasteiger partial charge in [0.05, 0.1) is 10.2 Å². The maximum atomic E-state index is 12.3. The van der Waals surface area contributed by atoms with E-state index in [0.29, 0.717) is 16.7 Å². The van der Waals surface area contributed by atoms with Crippen LogP contribution in [0.3, 0.4) is 0 Å². The minimum atomic E-state index is -0.403. The van der Waals surface area contributed by atoms with Crippen molar-refractivity contribution in [3.63, 3.8) is 0 Å². The van der Waals surface area contributed by atoms with Gasteiger partial charge in [-0.2, -0.15) is 5.10 Å². The molecule has 1 aromatic carbocycles. The lowest BCUT2D eigenvalue weighted by Gasteiger charge is -2.05. The fraction of sp³-hybridized carbons (Fsp3) is 0.200. The van der Waals surface area contributed by atoms with Crippen LogP contribution in [-0.4, -0.2) is 20.7 Å². The third-order valence-corrected chi connectivity index (χ3v) is 4.27. The van der Waals surface area contributed by atoms with Crippen molar-refractivity contribution in [2.75, 3.05) is 5.32 Å². The first-order chi connectivity index (χ1) is 11.1. The molecule has 3 rings (SSSR count). The van der Waals surface area contributed by atoms with Crippen molar-refractivity contribution >= 4 is 44.2 Å². The summed E-state index contributed by atoms with van der Waals surface area (Å²) in [6, 6.07) is 8.09. The van der Waals surface area contributed by atoms with Crippen molar-refractivity contribution in [1.82, 2.24) is 14.8 Å². The average molecular weight is 349 g/mol. The normalized spacial score (nSPS) is 10.9. The molecule has 0 atom stereocenters. The summed E-state index contributed by atoms with van der Waals surface area (Å²) in [7, 11) is 0. The number of aryl methyl sites for hydroxylation is 1. The van der Waals surface area contributed by atoms with E-state index in [2.05, 4.69) is 15.4 Å². The lowest BCUT2D eigenvalue weighted by molar-refractivity contribution is 0.102. The Hall–Kier alpha value is -2.25.